The number of hydrogen-bond donors (Lipinski definition) is 2. The molecule has 0 aliphatic heterocycles. The Hall–Kier alpha value is -0.0800. The van der Waals surface area contributed by atoms with Crippen molar-refractivity contribution in [3.05, 3.63) is 0 Å². The van der Waals surface area contributed by atoms with Crippen molar-refractivity contribution in [2.75, 3.05) is 6.61 Å². The van der Waals surface area contributed by atoms with Crippen molar-refractivity contribution in [1.29, 1.82) is 0 Å². The highest BCUT2D eigenvalue weighted by Gasteiger charge is 2.23. The van der Waals surface area contributed by atoms with Crippen LogP contribution in [0.4, 0.5) is 0 Å². The second-order valence-corrected chi connectivity index (χ2v) is 4.67. The molecule has 2 N–H and O–H groups in total. The number of aliphatic hydroxyl groups is 2. The molecule has 0 aromatic carbocycles. The van der Waals surface area contributed by atoms with Crippen molar-refractivity contribution in [2.45, 2.75) is 52.6 Å². The molecule has 0 saturated heterocycles. The van der Waals surface area contributed by atoms with Gasteiger partial charge in [0, 0.05) is 6.61 Å². The van der Waals surface area contributed by atoms with E-state index in [9.17, 15) is 5.11 Å². The van der Waals surface area contributed by atoms with Crippen molar-refractivity contribution >= 4 is 0 Å². The van der Waals surface area contributed by atoms with Gasteiger partial charge < -0.3 is 10.2 Å². The fraction of sp³-hybridized carbons (Fsp3) is 1.00. The van der Waals surface area contributed by atoms with Crippen LogP contribution in [0.15, 0.2) is 0 Å². The van der Waals surface area contributed by atoms with Crippen LogP contribution in [0, 0.1) is 5.41 Å². The fourth-order valence-corrected chi connectivity index (χ4v) is 0.864. The zero-order valence-corrected chi connectivity index (χ0v) is 8.72. The number of hydrogen-bond acceptors (Lipinski definition) is 2. The van der Waals surface area contributed by atoms with Crippen LogP contribution in [0.25, 0.3) is 0 Å². The molecule has 74 valence electrons. The Balaban J connectivity index is 3.82. The first-order valence-corrected chi connectivity index (χ1v) is 4.66. The average molecular weight is 174 g/mol. The fourth-order valence-electron chi connectivity index (χ4n) is 0.864. The molecule has 0 amide bonds. The monoisotopic (exact) mass is 174 g/mol. The van der Waals surface area contributed by atoms with E-state index in [0.29, 0.717) is 0 Å². The summed E-state index contributed by atoms with van der Waals surface area (Å²) in [7, 11) is 0. The molecule has 0 radical (unpaired) electrons. The Morgan fingerprint density at radius 1 is 1.08 bits per heavy atom. The smallest absolute Gasteiger partial charge is 0.0617 e. The van der Waals surface area contributed by atoms with E-state index in [1.54, 1.807) is 0 Å². The first-order valence-electron chi connectivity index (χ1n) is 4.66. The van der Waals surface area contributed by atoms with Crippen molar-refractivity contribution in [3.8, 4) is 0 Å². The first-order chi connectivity index (χ1) is 5.33. The first kappa shape index (κ1) is 11.9. The zero-order valence-electron chi connectivity index (χ0n) is 8.72. The van der Waals surface area contributed by atoms with Crippen LogP contribution in [-0.4, -0.2) is 22.4 Å². The van der Waals surface area contributed by atoms with Crippen LogP contribution >= 0.6 is 0 Å². The SMILES string of the molecule is CCC(C)(O)CCC(C)(C)CO. The lowest BCUT2D eigenvalue weighted by atomic mass is 9.83. The summed E-state index contributed by atoms with van der Waals surface area (Å²) in [5.41, 5.74) is -0.619. The van der Waals surface area contributed by atoms with E-state index < -0.39 is 5.60 Å². The van der Waals surface area contributed by atoms with Crippen LogP contribution in [0.3, 0.4) is 0 Å². The molecule has 0 aromatic rings. The normalized spacial score (nSPS) is 17.5. The average Bonchev–Trinajstić information content (AvgIpc) is 2.02. The minimum atomic E-state index is -0.563. The van der Waals surface area contributed by atoms with E-state index in [1.165, 1.54) is 0 Å². The van der Waals surface area contributed by atoms with Gasteiger partial charge in [0.2, 0.25) is 0 Å². The molecule has 1 atom stereocenters. The third kappa shape index (κ3) is 4.73. The lowest BCUT2D eigenvalue weighted by Gasteiger charge is -2.27. The van der Waals surface area contributed by atoms with Gasteiger partial charge in [-0.3, -0.25) is 0 Å². The van der Waals surface area contributed by atoms with Crippen molar-refractivity contribution in [2.24, 2.45) is 5.41 Å². The van der Waals surface area contributed by atoms with Gasteiger partial charge in [-0.25, -0.2) is 0 Å². The molecule has 0 aliphatic carbocycles. The molecule has 0 spiro atoms. The summed E-state index contributed by atoms with van der Waals surface area (Å²) in [6.07, 6.45) is 2.40. The van der Waals surface area contributed by atoms with Crippen molar-refractivity contribution in [3.63, 3.8) is 0 Å². The van der Waals surface area contributed by atoms with Crippen LogP contribution in [0.2, 0.25) is 0 Å². The van der Waals surface area contributed by atoms with E-state index in [-0.39, 0.29) is 12.0 Å². The molecule has 0 bridgehead atoms. The predicted molar refractivity (Wildman–Crippen MR) is 51.0 cm³/mol. The third-order valence-electron chi connectivity index (χ3n) is 2.53. The van der Waals surface area contributed by atoms with Gasteiger partial charge in [0.05, 0.1) is 5.60 Å². The van der Waals surface area contributed by atoms with E-state index >= 15 is 0 Å². The lowest BCUT2D eigenvalue weighted by molar-refractivity contribution is 0.0264. The van der Waals surface area contributed by atoms with E-state index in [4.69, 9.17) is 5.11 Å². The molecular weight excluding hydrogens is 152 g/mol. The molecule has 2 heteroatoms. The maximum atomic E-state index is 9.70. The molecule has 12 heavy (non-hydrogen) atoms. The topological polar surface area (TPSA) is 40.5 Å². The van der Waals surface area contributed by atoms with Gasteiger partial charge >= 0.3 is 0 Å². The van der Waals surface area contributed by atoms with Crippen molar-refractivity contribution < 1.29 is 10.2 Å². The van der Waals surface area contributed by atoms with Gasteiger partial charge in [0.25, 0.3) is 0 Å². The van der Waals surface area contributed by atoms with Gasteiger partial charge in [-0.05, 0) is 31.6 Å². The molecule has 0 fully saturated rings. The van der Waals surface area contributed by atoms with Crippen LogP contribution in [0.5, 0.6) is 0 Å². The number of rotatable bonds is 5. The minimum absolute atomic E-state index is 0.0564. The molecule has 0 aliphatic rings. The Kier molecular flexibility index (Phi) is 4.21. The number of aliphatic hydroxyl groups excluding tert-OH is 1. The highest BCUT2D eigenvalue weighted by atomic mass is 16.3. The minimum Gasteiger partial charge on any atom is -0.396 e. The Morgan fingerprint density at radius 2 is 1.58 bits per heavy atom. The third-order valence-corrected chi connectivity index (χ3v) is 2.53. The summed E-state index contributed by atoms with van der Waals surface area (Å²) in [5, 5.41) is 18.7. The zero-order chi connectivity index (χ0) is 9.83. The van der Waals surface area contributed by atoms with Gasteiger partial charge in [-0.15, -0.1) is 0 Å². The molecule has 2 nitrogen and oxygen atoms in total. The van der Waals surface area contributed by atoms with Crippen LogP contribution in [0.1, 0.15) is 47.0 Å². The maximum Gasteiger partial charge on any atom is 0.0617 e. The Morgan fingerprint density at radius 3 is 1.92 bits per heavy atom. The van der Waals surface area contributed by atoms with Gasteiger partial charge in [0.15, 0.2) is 0 Å². The summed E-state index contributed by atoms with van der Waals surface area (Å²) in [4.78, 5) is 0. The second-order valence-electron chi connectivity index (χ2n) is 4.67. The highest BCUT2D eigenvalue weighted by molar-refractivity contribution is 4.76. The summed E-state index contributed by atoms with van der Waals surface area (Å²) < 4.78 is 0. The standard InChI is InChI=1S/C10H22O2/c1-5-10(4,12)7-6-9(2,3)8-11/h11-12H,5-8H2,1-4H3. The second kappa shape index (κ2) is 4.24. The van der Waals surface area contributed by atoms with Gasteiger partial charge in [-0.2, -0.15) is 0 Å². The summed E-state index contributed by atoms with van der Waals surface area (Å²) in [6, 6.07) is 0. The van der Waals surface area contributed by atoms with Crippen LogP contribution < -0.4 is 0 Å². The molecular formula is C10H22O2. The van der Waals surface area contributed by atoms with E-state index in [0.717, 1.165) is 19.3 Å². The largest absolute Gasteiger partial charge is 0.396 e. The maximum absolute atomic E-state index is 9.70. The lowest BCUT2D eigenvalue weighted by Crippen LogP contribution is -2.27. The molecule has 1 unspecified atom stereocenters. The molecule has 0 saturated carbocycles. The Labute approximate surface area is 75.6 Å². The van der Waals surface area contributed by atoms with E-state index in [2.05, 4.69) is 0 Å². The summed E-state index contributed by atoms with van der Waals surface area (Å²) in [5.74, 6) is 0. The predicted octanol–water partition coefficient (Wildman–Crippen LogP) is 1.95. The van der Waals surface area contributed by atoms with Gasteiger partial charge in [0.1, 0.15) is 0 Å². The highest BCUT2D eigenvalue weighted by Crippen LogP contribution is 2.26. The Bertz CT molecular complexity index is 112. The van der Waals surface area contributed by atoms with Crippen LogP contribution in [-0.2, 0) is 0 Å². The molecule has 0 aromatic heterocycles. The summed E-state index contributed by atoms with van der Waals surface area (Å²) >= 11 is 0. The van der Waals surface area contributed by atoms with E-state index in [1.807, 2.05) is 27.7 Å². The quantitative estimate of drug-likeness (QED) is 0.668. The van der Waals surface area contributed by atoms with Crippen molar-refractivity contribution in [1.82, 2.24) is 0 Å². The summed E-state index contributed by atoms with van der Waals surface area (Å²) in [6.45, 7) is 8.04. The molecule has 0 rings (SSSR count). The van der Waals surface area contributed by atoms with Gasteiger partial charge in [-0.1, -0.05) is 20.8 Å². The molecule has 0 heterocycles.